The predicted octanol–water partition coefficient (Wildman–Crippen LogP) is -0.0743. The summed E-state index contributed by atoms with van der Waals surface area (Å²) in [5.41, 5.74) is 4.86. The van der Waals surface area contributed by atoms with Gasteiger partial charge in [-0.25, -0.2) is 0 Å². The Hall–Kier alpha value is -0.620. The van der Waals surface area contributed by atoms with Crippen LogP contribution in [0.5, 0.6) is 0 Å². The molecular formula is C3H3N3OS2. The fourth-order valence-corrected chi connectivity index (χ4v) is 1.06. The standard InChI is InChI=1S/C3H3N3OS2/c4-1(7)2-5-6-3(8)9-2/h(H2,4,7)(H,6,8). The summed E-state index contributed by atoms with van der Waals surface area (Å²) in [6.07, 6.45) is 0. The fourth-order valence-electron chi connectivity index (χ4n) is 0.315. The van der Waals surface area contributed by atoms with E-state index in [1.54, 1.807) is 0 Å². The van der Waals surface area contributed by atoms with Gasteiger partial charge in [0.1, 0.15) is 0 Å². The molecule has 0 aliphatic heterocycles. The molecule has 1 heterocycles. The molecule has 0 bridgehead atoms. The van der Waals surface area contributed by atoms with E-state index in [1.807, 2.05) is 0 Å². The van der Waals surface area contributed by atoms with Crippen molar-refractivity contribution in [3.05, 3.63) is 5.01 Å². The second-order valence-electron chi connectivity index (χ2n) is 1.25. The zero-order valence-corrected chi connectivity index (χ0v) is 5.95. The number of amides is 1. The lowest BCUT2D eigenvalue weighted by Crippen LogP contribution is -2.10. The van der Waals surface area contributed by atoms with E-state index in [1.165, 1.54) is 0 Å². The Kier molecular flexibility index (Phi) is 1.68. The van der Waals surface area contributed by atoms with Crippen LogP contribution in [0.4, 0.5) is 0 Å². The molecule has 0 saturated heterocycles. The summed E-state index contributed by atoms with van der Waals surface area (Å²) in [6.45, 7) is 0. The van der Waals surface area contributed by atoms with Gasteiger partial charge in [-0.05, 0) is 0 Å². The molecule has 0 saturated carbocycles. The van der Waals surface area contributed by atoms with Crippen molar-refractivity contribution >= 4 is 29.9 Å². The van der Waals surface area contributed by atoms with E-state index in [0.29, 0.717) is 4.34 Å². The molecular weight excluding hydrogens is 158 g/mol. The molecule has 0 aliphatic rings. The number of thiol groups is 1. The minimum atomic E-state index is -0.562. The Morgan fingerprint density at radius 1 is 1.67 bits per heavy atom. The van der Waals surface area contributed by atoms with Crippen LogP contribution in [0, 0.1) is 0 Å². The third-order valence-electron chi connectivity index (χ3n) is 0.625. The number of carbonyl (C=O) groups is 1. The van der Waals surface area contributed by atoms with Crippen LogP contribution in [0.3, 0.4) is 0 Å². The zero-order valence-electron chi connectivity index (χ0n) is 4.24. The Balaban J connectivity index is 2.98. The number of nitrogens with zero attached hydrogens (tertiary/aromatic N) is 2. The van der Waals surface area contributed by atoms with E-state index in [2.05, 4.69) is 22.8 Å². The summed E-state index contributed by atoms with van der Waals surface area (Å²) >= 11 is 4.90. The van der Waals surface area contributed by atoms with Crippen molar-refractivity contribution in [3.8, 4) is 0 Å². The molecule has 0 spiro atoms. The van der Waals surface area contributed by atoms with Gasteiger partial charge in [-0.1, -0.05) is 11.3 Å². The van der Waals surface area contributed by atoms with Crippen molar-refractivity contribution in [1.29, 1.82) is 0 Å². The number of aromatic nitrogens is 2. The van der Waals surface area contributed by atoms with Gasteiger partial charge in [0.25, 0.3) is 5.91 Å². The number of rotatable bonds is 1. The lowest BCUT2D eigenvalue weighted by atomic mass is 10.7. The van der Waals surface area contributed by atoms with Crippen LogP contribution in [0.15, 0.2) is 4.34 Å². The van der Waals surface area contributed by atoms with E-state index in [-0.39, 0.29) is 5.01 Å². The van der Waals surface area contributed by atoms with E-state index >= 15 is 0 Å². The van der Waals surface area contributed by atoms with Gasteiger partial charge in [-0.3, -0.25) is 4.79 Å². The van der Waals surface area contributed by atoms with Crippen molar-refractivity contribution in [3.63, 3.8) is 0 Å². The molecule has 6 heteroatoms. The molecule has 0 radical (unpaired) electrons. The van der Waals surface area contributed by atoms with Crippen LogP contribution < -0.4 is 5.73 Å². The highest BCUT2D eigenvalue weighted by Gasteiger charge is 2.04. The summed E-state index contributed by atoms with van der Waals surface area (Å²) < 4.78 is 0.448. The van der Waals surface area contributed by atoms with E-state index in [0.717, 1.165) is 11.3 Å². The summed E-state index contributed by atoms with van der Waals surface area (Å²) in [5, 5.41) is 7.10. The molecule has 1 rings (SSSR count). The van der Waals surface area contributed by atoms with Gasteiger partial charge >= 0.3 is 0 Å². The molecule has 48 valence electrons. The normalized spacial score (nSPS) is 9.44. The summed E-state index contributed by atoms with van der Waals surface area (Å²) in [7, 11) is 0. The van der Waals surface area contributed by atoms with Crippen molar-refractivity contribution in [1.82, 2.24) is 10.2 Å². The van der Waals surface area contributed by atoms with Crippen molar-refractivity contribution < 1.29 is 4.79 Å². The third kappa shape index (κ3) is 1.39. The van der Waals surface area contributed by atoms with Gasteiger partial charge in [0, 0.05) is 0 Å². The molecule has 1 aromatic heterocycles. The van der Waals surface area contributed by atoms with Gasteiger partial charge in [0.05, 0.1) is 0 Å². The van der Waals surface area contributed by atoms with Gasteiger partial charge in [-0.15, -0.1) is 22.8 Å². The number of hydrogen-bond donors (Lipinski definition) is 2. The highest BCUT2D eigenvalue weighted by atomic mass is 32.2. The Labute approximate surface area is 60.5 Å². The maximum Gasteiger partial charge on any atom is 0.279 e. The lowest BCUT2D eigenvalue weighted by Gasteiger charge is -1.77. The minimum absolute atomic E-state index is 0.194. The molecule has 0 aliphatic carbocycles. The van der Waals surface area contributed by atoms with Gasteiger partial charge in [-0.2, -0.15) is 0 Å². The van der Waals surface area contributed by atoms with E-state index in [4.69, 9.17) is 5.73 Å². The largest absolute Gasteiger partial charge is 0.363 e. The van der Waals surface area contributed by atoms with Crippen LogP contribution in [0.25, 0.3) is 0 Å². The molecule has 4 nitrogen and oxygen atoms in total. The van der Waals surface area contributed by atoms with Crippen molar-refractivity contribution in [2.24, 2.45) is 5.73 Å². The Bertz CT molecular complexity index is 233. The Morgan fingerprint density at radius 2 is 2.33 bits per heavy atom. The quantitative estimate of drug-likeness (QED) is 0.566. The number of nitrogens with two attached hydrogens (primary N) is 1. The first-order chi connectivity index (χ1) is 4.20. The molecule has 0 atom stereocenters. The Morgan fingerprint density at radius 3 is 2.56 bits per heavy atom. The summed E-state index contributed by atoms with van der Waals surface area (Å²) in [6, 6.07) is 0. The first-order valence-electron chi connectivity index (χ1n) is 2.02. The fraction of sp³-hybridized carbons (Fsp3) is 0. The summed E-state index contributed by atoms with van der Waals surface area (Å²) in [4.78, 5) is 10.3. The maximum atomic E-state index is 10.3. The van der Waals surface area contributed by atoms with E-state index in [9.17, 15) is 4.79 Å². The van der Waals surface area contributed by atoms with Crippen molar-refractivity contribution in [2.75, 3.05) is 0 Å². The maximum absolute atomic E-state index is 10.3. The average molecular weight is 161 g/mol. The van der Waals surface area contributed by atoms with Gasteiger partial charge in [0.2, 0.25) is 5.01 Å². The predicted molar refractivity (Wildman–Crippen MR) is 35.7 cm³/mol. The monoisotopic (exact) mass is 161 g/mol. The number of hydrogen-bond acceptors (Lipinski definition) is 5. The number of carbonyl (C=O) groups excluding carboxylic acids is 1. The topological polar surface area (TPSA) is 68.9 Å². The van der Waals surface area contributed by atoms with Crippen LogP contribution >= 0.6 is 24.0 Å². The lowest BCUT2D eigenvalue weighted by molar-refractivity contribution is 0.0999. The number of primary amides is 1. The smallest absolute Gasteiger partial charge is 0.279 e. The molecule has 0 fully saturated rings. The second kappa shape index (κ2) is 2.32. The van der Waals surface area contributed by atoms with Crippen LogP contribution in [-0.2, 0) is 0 Å². The molecule has 0 aromatic carbocycles. The highest BCUT2D eigenvalue weighted by molar-refractivity contribution is 7.82. The molecule has 1 amide bonds. The van der Waals surface area contributed by atoms with Crippen LogP contribution in [0.1, 0.15) is 9.80 Å². The minimum Gasteiger partial charge on any atom is -0.363 e. The van der Waals surface area contributed by atoms with E-state index < -0.39 is 5.91 Å². The van der Waals surface area contributed by atoms with Crippen LogP contribution in [-0.4, -0.2) is 16.1 Å². The molecule has 9 heavy (non-hydrogen) atoms. The second-order valence-corrected chi connectivity index (χ2v) is 2.96. The molecule has 0 unspecified atom stereocenters. The first kappa shape index (κ1) is 6.50. The SMILES string of the molecule is NC(=O)c1nnc(S)s1. The van der Waals surface area contributed by atoms with Crippen molar-refractivity contribution in [2.45, 2.75) is 4.34 Å². The van der Waals surface area contributed by atoms with Gasteiger partial charge < -0.3 is 5.73 Å². The van der Waals surface area contributed by atoms with Crippen LogP contribution in [0.2, 0.25) is 0 Å². The highest BCUT2D eigenvalue weighted by Crippen LogP contribution is 2.11. The van der Waals surface area contributed by atoms with Gasteiger partial charge in [0.15, 0.2) is 4.34 Å². The molecule has 2 N–H and O–H groups in total. The zero-order chi connectivity index (χ0) is 6.85. The first-order valence-corrected chi connectivity index (χ1v) is 3.29. The third-order valence-corrected chi connectivity index (χ3v) is 1.73. The summed E-state index contributed by atoms with van der Waals surface area (Å²) in [5.74, 6) is -0.562. The molecule has 1 aromatic rings. The average Bonchev–Trinajstić information content (AvgIpc) is 2.14.